The number of carbonyl (C=O) groups excluding carboxylic acids is 1. The molecular weight excluding hydrogens is 312 g/mol. The van der Waals surface area contributed by atoms with Crippen LogP contribution < -0.4 is 10.6 Å². The van der Waals surface area contributed by atoms with E-state index in [1.165, 1.54) is 12.0 Å². The maximum atomic E-state index is 12.6. The highest BCUT2D eigenvalue weighted by atomic mass is 35.5. The highest BCUT2D eigenvalue weighted by molar-refractivity contribution is 6.30. The Hall–Kier alpha value is -1.10. The van der Waals surface area contributed by atoms with Crippen LogP contribution in [0.15, 0.2) is 24.3 Å². The maximum Gasteiger partial charge on any atom is 0.222 e. The van der Waals surface area contributed by atoms with Crippen molar-refractivity contribution in [1.82, 2.24) is 10.6 Å². The first-order valence-electron chi connectivity index (χ1n) is 8.56. The van der Waals surface area contributed by atoms with Gasteiger partial charge in [0.15, 0.2) is 0 Å². The van der Waals surface area contributed by atoms with E-state index in [1.54, 1.807) is 0 Å². The zero-order chi connectivity index (χ0) is 16.1. The van der Waals surface area contributed by atoms with Crippen LogP contribution in [0.2, 0.25) is 5.02 Å². The van der Waals surface area contributed by atoms with Crippen LogP contribution in [0.5, 0.6) is 0 Å². The van der Waals surface area contributed by atoms with Gasteiger partial charge in [0.05, 0.1) is 18.8 Å². The number of hydrogen-bond donors (Lipinski definition) is 2. The number of benzene rings is 1. The Bertz CT molecular complexity index is 520. The van der Waals surface area contributed by atoms with Gasteiger partial charge >= 0.3 is 0 Å². The van der Waals surface area contributed by atoms with E-state index in [0.717, 1.165) is 43.9 Å². The Kier molecular flexibility index (Phi) is 5.57. The number of hydrogen-bond acceptors (Lipinski definition) is 3. The summed E-state index contributed by atoms with van der Waals surface area (Å²) in [5.41, 5.74) is 0.929. The molecule has 0 spiro atoms. The Balaban J connectivity index is 1.70. The number of nitrogens with one attached hydrogen (secondary N) is 2. The first kappa shape index (κ1) is 16.7. The fourth-order valence-corrected chi connectivity index (χ4v) is 3.83. The number of halogens is 1. The molecular formula is C18H25ClN2O2. The van der Waals surface area contributed by atoms with Gasteiger partial charge in [0.1, 0.15) is 0 Å². The number of rotatable bonds is 4. The summed E-state index contributed by atoms with van der Waals surface area (Å²) in [5.74, 6) is 0.102. The van der Waals surface area contributed by atoms with Crippen molar-refractivity contribution < 1.29 is 9.53 Å². The molecule has 2 N–H and O–H groups in total. The summed E-state index contributed by atoms with van der Waals surface area (Å²) >= 11 is 6.02. The molecule has 0 radical (unpaired) electrons. The first-order chi connectivity index (χ1) is 11.2. The quantitative estimate of drug-likeness (QED) is 0.888. The van der Waals surface area contributed by atoms with Crippen LogP contribution in [0.25, 0.3) is 0 Å². The average molecular weight is 337 g/mol. The van der Waals surface area contributed by atoms with Gasteiger partial charge in [-0.05, 0) is 30.5 Å². The Labute approximate surface area is 142 Å². The lowest BCUT2D eigenvalue weighted by Gasteiger charge is -2.39. The molecule has 1 amide bonds. The number of ether oxygens (including phenoxy) is 1. The van der Waals surface area contributed by atoms with Crippen LogP contribution in [0.4, 0.5) is 0 Å². The highest BCUT2D eigenvalue weighted by Crippen LogP contribution is 2.37. The minimum absolute atomic E-state index is 0.102. The molecule has 1 aromatic carbocycles. The van der Waals surface area contributed by atoms with Crippen molar-refractivity contribution in [3.05, 3.63) is 34.9 Å². The van der Waals surface area contributed by atoms with Crippen LogP contribution in [0.3, 0.4) is 0 Å². The van der Waals surface area contributed by atoms with Gasteiger partial charge in [0, 0.05) is 24.0 Å². The molecule has 1 aliphatic heterocycles. The molecule has 2 fully saturated rings. The van der Waals surface area contributed by atoms with E-state index in [9.17, 15) is 4.79 Å². The smallest absolute Gasteiger partial charge is 0.222 e. The van der Waals surface area contributed by atoms with E-state index in [2.05, 4.69) is 22.8 Å². The van der Waals surface area contributed by atoms with Gasteiger partial charge in [-0.15, -0.1) is 0 Å². The summed E-state index contributed by atoms with van der Waals surface area (Å²) in [6.45, 7) is 2.16. The zero-order valence-corrected chi connectivity index (χ0v) is 14.2. The molecule has 1 saturated carbocycles. The fourth-order valence-electron chi connectivity index (χ4n) is 3.70. The third-order valence-corrected chi connectivity index (χ3v) is 5.16. The topological polar surface area (TPSA) is 50.4 Å². The van der Waals surface area contributed by atoms with E-state index in [-0.39, 0.29) is 17.5 Å². The minimum Gasteiger partial charge on any atom is -0.378 e. The molecule has 1 unspecified atom stereocenters. The molecule has 1 saturated heterocycles. The monoisotopic (exact) mass is 336 g/mol. The number of morpholine rings is 1. The molecule has 1 heterocycles. The largest absolute Gasteiger partial charge is 0.378 e. The van der Waals surface area contributed by atoms with Crippen molar-refractivity contribution in [2.75, 3.05) is 19.8 Å². The van der Waals surface area contributed by atoms with Crippen molar-refractivity contribution in [2.45, 2.75) is 50.1 Å². The molecule has 0 aromatic heterocycles. The van der Waals surface area contributed by atoms with Crippen LogP contribution in [0.1, 0.15) is 44.1 Å². The van der Waals surface area contributed by atoms with E-state index < -0.39 is 0 Å². The van der Waals surface area contributed by atoms with Crippen molar-refractivity contribution in [3.8, 4) is 0 Å². The third-order valence-electron chi connectivity index (χ3n) is 4.91. The Morgan fingerprint density at radius 3 is 2.65 bits per heavy atom. The van der Waals surface area contributed by atoms with Crippen LogP contribution in [-0.4, -0.2) is 31.7 Å². The molecule has 126 valence electrons. The molecule has 1 aromatic rings. The van der Waals surface area contributed by atoms with Crippen molar-refractivity contribution in [1.29, 1.82) is 0 Å². The fraction of sp³-hybridized carbons (Fsp3) is 0.611. The van der Waals surface area contributed by atoms with E-state index in [0.29, 0.717) is 13.0 Å². The second kappa shape index (κ2) is 7.65. The molecule has 5 heteroatoms. The molecule has 2 aliphatic rings. The van der Waals surface area contributed by atoms with Gasteiger partial charge in [-0.2, -0.15) is 0 Å². The normalized spacial score (nSPS) is 24.1. The number of amides is 1. The van der Waals surface area contributed by atoms with Gasteiger partial charge in [-0.25, -0.2) is 0 Å². The second-order valence-electron chi connectivity index (χ2n) is 6.63. The summed E-state index contributed by atoms with van der Waals surface area (Å²) in [5, 5.41) is 7.41. The molecule has 1 atom stereocenters. The lowest BCUT2D eigenvalue weighted by atomic mass is 9.76. The summed E-state index contributed by atoms with van der Waals surface area (Å²) in [6, 6.07) is 8.05. The molecule has 0 bridgehead atoms. The predicted octanol–water partition coefficient (Wildman–Crippen LogP) is 2.99. The Morgan fingerprint density at radius 2 is 2.00 bits per heavy atom. The lowest BCUT2D eigenvalue weighted by molar-refractivity contribution is -0.124. The van der Waals surface area contributed by atoms with Crippen molar-refractivity contribution in [3.63, 3.8) is 0 Å². The summed E-state index contributed by atoms with van der Waals surface area (Å²) < 4.78 is 5.44. The van der Waals surface area contributed by atoms with Gasteiger partial charge in [0.2, 0.25) is 5.91 Å². The van der Waals surface area contributed by atoms with E-state index in [1.807, 2.05) is 12.1 Å². The zero-order valence-electron chi connectivity index (χ0n) is 13.4. The summed E-state index contributed by atoms with van der Waals surface area (Å²) in [6.07, 6.45) is 5.99. The summed E-state index contributed by atoms with van der Waals surface area (Å²) in [7, 11) is 0. The van der Waals surface area contributed by atoms with Crippen LogP contribution in [-0.2, 0) is 15.1 Å². The first-order valence-corrected chi connectivity index (χ1v) is 8.94. The molecule has 1 aliphatic carbocycles. The van der Waals surface area contributed by atoms with E-state index in [4.69, 9.17) is 16.3 Å². The van der Waals surface area contributed by atoms with Crippen molar-refractivity contribution >= 4 is 17.5 Å². The minimum atomic E-state index is -0.241. The predicted molar refractivity (Wildman–Crippen MR) is 91.6 cm³/mol. The average Bonchev–Trinajstić information content (AvgIpc) is 2.57. The van der Waals surface area contributed by atoms with Crippen LogP contribution >= 0.6 is 11.6 Å². The van der Waals surface area contributed by atoms with E-state index >= 15 is 0 Å². The SMILES string of the molecule is O=C(CC1COCCN1)NC1(c2ccc(Cl)cc2)CCCCC1. The summed E-state index contributed by atoms with van der Waals surface area (Å²) in [4.78, 5) is 12.6. The van der Waals surface area contributed by atoms with Gasteiger partial charge in [-0.3, -0.25) is 4.79 Å². The lowest BCUT2D eigenvalue weighted by Crippen LogP contribution is -2.50. The highest BCUT2D eigenvalue weighted by Gasteiger charge is 2.35. The van der Waals surface area contributed by atoms with Gasteiger partial charge in [-0.1, -0.05) is 43.0 Å². The van der Waals surface area contributed by atoms with Gasteiger partial charge < -0.3 is 15.4 Å². The number of carbonyl (C=O) groups is 1. The third kappa shape index (κ3) is 4.25. The standard InChI is InChI=1S/C18H25ClN2O2/c19-15-6-4-14(5-7-15)18(8-2-1-3-9-18)21-17(22)12-16-13-23-11-10-20-16/h4-7,16,20H,1-3,8-13H2,(H,21,22). The van der Waals surface area contributed by atoms with Crippen molar-refractivity contribution in [2.24, 2.45) is 0 Å². The maximum absolute atomic E-state index is 12.6. The van der Waals surface area contributed by atoms with Crippen LogP contribution in [0, 0.1) is 0 Å². The second-order valence-corrected chi connectivity index (χ2v) is 7.06. The molecule has 23 heavy (non-hydrogen) atoms. The van der Waals surface area contributed by atoms with Gasteiger partial charge in [0.25, 0.3) is 0 Å². The Morgan fingerprint density at radius 1 is 1.26 bits per heavy atom. The molecule has 3 rings (SSSR count). The molecule has 4 nitrogen and oxygen atoms in total.